The number of hydrogen-bond acceptors (Lipinski definition) is 3. The molecule has 0 amide bonds. The van der Waals surface area contributed by atoms with Crippen LogP contribution in [0.15, 0.2) is 12.5 Å². The van der Waals surface area contributed by atoms with Gasteiger partial charge in [-0.05, 0) is 25.7 Å². The second kappa shape index (κ2) is 3.82. The number of aromatic nitrogens is 2. The molecule has 4 nitrogen and oxygen atoms in total. The highest BCUT2D eigenvalue weighted by Crippen LogP contribution is 2.30. The summed E-state index contributed by atoms with van der Waals surface area (Å²) in [6.45, 7) is 3.17. The number of ether oxygens (including phenoxy) is 1. The van der Waals surface area contributed by atoms with Gasteiger partial charge in [-0.15, -0.1) is 0 Å². The van der Waals surface area contributed by atoms with Crippen molar-refractivity contribution >= 4 is 5.97 Å². The van der Waals surface area contributed by atoms with Crippen molar-refractivity contribution in [2.24, 2.45) is 5.92 Å². The number of carbonyl (C=O) groups excluding carboxylic acids is 1. The summed E-state index contributed by atoms with van der Waals surface area (Å²) in [4.78, 5) is 15.3. The molecule has 1 heterocycles. The molecule has 1 fully saturated rings. The monoisotopic (exact) mass is 194 g/mol. The van der Waals surface area contributed by atoms with Crippen molar-refractivity contribution in [3.63, 3.8) is 0 Å². The number of esters is 1. The summed E-state index contributed by atoms with van der Waals surface area (Å²) in [6.07, 6.45) is 6.06. The summed E-state index contributed by atoms with van der Waals surface area (Å²) in [5.41, 5.74) is 0.410. The molecule has 0 bridgehead atoms. The van der Waals surface area contributed by atoms with Crippen LogP contribution >= 0.6 is 0 Å². The number of carbonyl (C=O) groups is 1. The smallest absolute Gasteiger partial charge is 0.358 e. The Morgan fingerprint density at radius 3 is 3.14 bits per heavy atom. The molecule has 1 aromatic rings. The highest BCUT2D eigenvalue weighted by atomic mass is 16.5. The molecule has 76 valence electrons. The maximum atomic E-state index is 11.3. The second-order valence-corrected chi connectivity index (χ2v) is 3.62. The van der Waals surface area contributed by atoms with Crippen LogP contribution in [0.2, 0.25) is 0 Å². The minimum Gasteiger partial charge on any atom is -0.461 e. The predicted molar refractivity (Wildman–Crippen MR) is 50.9 cm³/mol. The van der Waals surface area contributed by atoms with Crippen LogP contribution in [0, 0.1) is 5.92 Å². The molecule has 14 heavy (non-hydrogen) atoms. The van der Waals surface area contributed by atoms with E-state index >= 15 is 0 Å². The predicted octanol–water partition coefficient (Wildman–Crippen LogP) is 1.47. The van der Waals surface area contributed by atoms with Gasteiger partial charge >= 0.3 is 5.97 Å². The highest BCUT2D eigenvalue weighted by Gasteiger charge is 2.22. The molecule has 0 spiro atoms. The van der Waals surface area contributed by atoms with Crippen LogP contribution in [-0.4, -0.2) is 22.1 Å². The quantitative estimate of drug-likeness (QED) is 0.682. The van der Waals surface area contributed by atoms with Crippen LogP contribution < -0.4 is 0 Å². The summed E-state index contributed by atoms with van der Waals surface area (Å²) in [5, 5.41) is 0. The summed E-state index contributed by atoms with van der Waals surface area (Å²) in [5.74, 6) is 0.460. The van der Waals surface area contributed by atoms with Crippen molar-refractivity contribution in [1.82, 2.24) is 9.55 Å². The maximum Gasteiger partial charge on any atom is 0.358 e. The molecule has 2 rings (SSSR count). The van der Waals surface area contributed by atoms with Crippen LogP contribution in [0.25, 0.3) is 0 Å². The highest BCUT2D eigenvalue weighted by molar-refractivity contribution is 5.86. The van der Waals surface area contributed by atoms with Crippen LogP contribution in [0.1, 0.15) is 30.3 Å². The normalized spacial score (nSPS) is 15.5. The van der Waals surface area contributed by atoms with Gasteiger partial charge in [-0.2, -0.15) is 0 Å². The third kappa shape index (κ3) is 2.13. The van der Waals surface area contributed by atoms with Crippen molar-refractivity contribution in [3.8, 4) is 0 Å². The first-order valence-corrected chi connectivity index (χ1v) is 4.98. The van der Waals surface area contributed by atoms with Crippen molar-refractivity contribution in [1.29, 1.82) is 0 Å². The zero-order chi connectivity index (χ0) is 9.97. The molecular formula is C10H14N2O2. The average Bonchev–Trinajstić information content (AvgIpc) is 2.82. The number of nitrogens with zero attached hydrogens (tertiary/aromatic N) is 2. The van der Waals surface area contributed by atoms with Crippen molar-refractivity contribution in [3.05, 3.63) is 18.2 Å². The van der Waals surface area contributed by atoms with Gasteiger partial charge in [0.2, 0.25) is 0 Å². The Hall–Kier alpha value is -1.32. The molecule has 0 aromatic carbocycles. The second-order valence-electron chi connectivity index (χ2n) is 3.62. The largest absolute Gasteiger partial charge is 0.461 e. The van der Waals surface area contributed by atoms with E-state index in [2.05, 4.69) is 4.98 Å². The molecule has 0 saturated heterocycles. The number of imidazole rings is 1. The lowest BCUT2D eigenvalue weighted by Gasteiger charge is -1.98. The minimum atomic E-state index is -0.331. The van der Waals surface area contributed by atoms with Gasteiger partial charge in [0.15, 0.2) is 5.69 Å². The van der Waals surface area contributed by atoms with Crippen molar-refractivity contribution < 1.29 is 9.53 Å². The van der Waals surface area contributed by atoms with E-state index < -0.39 is 0 Å². The molecule has 4 heteroatoms. The van der Waals surface area contributed by atoms with Crippen molar-refractivity contribution in [2.75, 3.05) is 6.61 Å². The van der Waals surface area contributed by atoms with Gasteiger partial charge in [-0.25, -0.2) is 9.78 Å². The zero-order valence-electron chi connectivity index (χ0n) is 8.27. The number of hydrogen-bond donors (Lipinski definition) is 0. The third-order valence-corrected chi connectivity index (χ3v) is 2.28. The topological polar surface area (TPSA) is 44.1 Å². The van der Waals surface area contributed by atoms with Crippen LogP contribution in [0.3, 0.4) is 0 Å². The molecule has 0 N–H and O–H groups in total. The molecule has 0 atom stereocenters. The Morgan fingerprint density at radius 2 is 2.50 bits per heavy atom. The molecule has 1 aliphatic carbocycles. The SMILES string of the molecule is CCOC(=O)c1cn(CC2CC2)cn1. The van der Waals surface area contributed by atoms with Crippen LogP contribution in [-0.2, 0) is 11.3 Å². The molecule has 0 aliphatic heterocycles. The Morgan fingerprint density at radius 1 is 1.71 bits per heavy atom. The van der Waals surface area contributed by atoms with E-state index in [-0.39, 0.29) is 5.97 Å². The van der Waals surface area contributed by atoms with E-state index in [0.29, 0.717) is 12.3 Å². The van der Waals surface area contributed by atoms with Gasteiger partial charge in [0.05, 0.1) is 12.9 Å². The average molecular weight is 194 g/mol. The number of rotatable bonds is 4. The first-order valence-electron chi connectivity index (χ1n) is 4.98. The standard InChI is InChI=1S/C10H14N2O2/c1-2-14-10(13)9-6-12(7-11-9)5-8-3-4-8/h6-8H,2-5H2,1H3. The van der Waals surface area contributed by atoms with E-state index in [0.717, 1.165) is 12.5 Å². The van der Waals surface area contributed by atoms with E-state index in [4.69, 9.17) is 4.74 Å². The van der Waals surface area contributed by atoms with Gasteiger partial charge in [-0.3, -0.25) is 0 Å². The van der Waals surface area contributed by atoms with E-state index in [9.17, 15) is 4.79 Å². The van der Waals surface area contributed by atoms with Gasteiger partial charge in [0.1, 0.15) is 0 Å². The van der Waals surface area contributed by atoms with E-state index in [1.165, 1.54) is 12.8 Å². The zero-order valence-corrected chi connectivity index (χ0v) is 8.27. The fraction of sp³-hybridized carbons (Fsp3) is 0.600. The van der Waals surface area contributed by atoms with Gasteiger partial charge in [0, 0.05) is 12.7 Å². The van der Waals surface area contributed by atoms with Gasteiger partial charge in [0.25, 0.3) is 0 Å². The first-order chi connectivity index (χ1) is 6.79. The lowest BCUT2D eigenvalue weighted by Crippen LogP contribution is -2.05. The Bertz CT molecular complexity index is 329. The molecular weight excluding hydrogens is 180 g/mol. The minimum absolute atomic E-state index is 0.331. The summed E-state index contributed by atoms with van der Waals surface area (Å²) in [7, 11) is 0. The summed E-state index contributed by atoms with van der Waals surface area (Å²) >= 11 is 0. The lowest BCUT2D eigenvalue weighted by atomic mass is 10.4. The molecule has 0 radical (unpaired) electrons. The van der Waals surface area contributed by atoms with Crippen molar-refractivity contribution in [2.45, 2.75) is 26.3 Å². The van der Waals surface area contributed by atoms with Gasteiger partial charge in [-0.1, -0.05) is 0 Å². The Kier molecular flexibility index (Phi) is 2.52. The van der Waals surface area contributed by atoms with E-state index in [1.807, 2.05) is 4.57 Å². The lowest BCUT2D eigenvalue weighted by molar-refractivity contribution is 0.0520. The molecule has 0 unspecified atom stereocenters. The van der Waals surface area contributed by atoms with Crippen LogP contribution in [0.5, 0.6) is 0 Å². The first kappa shape index (κ1) is 9.24. The van der Waals surface area contributed by atoms with Gasteiger partial charge < -0.3 is 9.30 Å². The third-order valence-electron chi connectivity index (χ3n) is 2.28. The molecule has 1 saturated carbocycles. The van der Waals surface area contributed by atoms with E-state index in [1.54, 1.807) is 19.4 Å². The summed E-state index contributed by atoms with van der Waals surface area (Å²) < 4.78 is 6.81. The fourth-order valence-corrected chi connectivity index (χ4v) is 1.37. The molecule has 1 aromatic heterocycles. The maximum absolute atomic E-state index is 11.3. The fourth-order valence-electron chi connectivity index (χ4n) is 1.37. The Balaban J connectivity index is 1.97. The summed E-state index contributed by atoms with van der Waals surface area (Å²) in [6, 6.07) is 0. The Labute approximate surface area is 82.9 Å². The molecule has 1 aliphatic rings. The van der Waals surface area contributed by atoms with Crippen LogP contribution in [0.4, 0.5) is 0 Å².